The molecule has 0 aliphatic heterocycles. The molecule has 2 amide bonds. The first-order valence-corrected chi connectivity index (χ1v) is 13.9. The number of nitrogens with one attached hydrogen (secondary N) is 3. The fourth-order valence-corrected chi connectivity index (χ4v) is 6.02. The molecule has 36 heavy (non-hydrogen) atoms. The summed E-state index contributed by atoms with van der Waals surface area (Å²) in [7, 11) is 3.54. The Hall–Kier alpha value is -3.01. The van der Waals surface area contributed by atoms with Crippen LogP contribution in [0.25, 0.3) is 20.8 Å². The van der Waals surface area contributed by atoms with E-state index in [1.165, 1.54) is 25.7 Å². The summed E-state index contributed by atoms with van der Waals surface area (Å²) in [5.41, 5.74) is 4.03. The van der Waals surface area contributed by atoms with E-state index in [9.17, 15) is 4.79 Å². The number of hydrogen-bond donors (Lipinski definition) is 3. The number of thiazole rings is 1. The second-order valence-corrected chi connectivity index (χ2v) is 11.7. The van der Waals surface area contributed by atoms with E-state index in [0.717, 1.165) is 69.7 Å². The fourth-order valence-electron chi connectivity index (χ4n) is 4.95. The van der Waals surface area contributed by atoms with Gasteiger partial charge in [0, 0.05) is 44.8 Å². The summed E-state index contributed by atoms with van der Waals surface area (Å²) >= 11 is 1.69. The standard InChI is InChI=1S/C26H34N8OS/c1-14-20(24-32-22-19(36-24)10-11-27-21(22)16-6-7-16)23(33-25(29-14)28-13-15-4-5-15)30-17-8-9-18(12-17)31-26(35)34(2)3/h10-11,15-18H,4-9,12-13H2,1-3H3,(H,31,35)(H2,28,29,30,33)/t17-,18+/m0/s1. The zero-order valence-electron chi connectivity index (χ0n) is 21.2. The Morgan fingerprint density at radius 2 is 1.89 bits per heavy atom. The van der Waals surface area contributed by atoms with Gasteiger partial charge in [0.15, 0.2) is 0 Å². The molecule has 0 radical (unpaired) electrons. The third-order valence-electron chi connectivity index (χ3n) is 7.36. The lowest BCUT2D eigenvalue weighted by molar-refractivity contribution is 0.213. The number of aryl methyl sites for hydroxylation is 1. The van der Waals surface area contributed by atoms with E-state index < -0.39 is 0 Å². The van der Waals surface area contributed by atoms with Crippen LogP contribution in [-0.2, 0) is 0 Å². The third-order valence-corrected chi connectivity index (χ3v) is 8.39. The lowest BCUT2D eigenvalue weighted by Gasteiger charge is -2.20. The summed E-state index contributed by atoms with van der Waals surface area (Å²) in [6.45, 7) is 2.96. The largest absolute Gasteiger partial charge is 0.366 e. The highest BCUT2D eigenvalue weighted by Gasteiger charge is 2.31. The van der Waals surface area contributed by atoms with Gasteiger partial charge in [-0.2, -0.15) is 4.98 Å². The Bertz CT molecular complexity index is 1280. The van der Waals surface area contributed by atoms with Crippen molar-refractivity contribution in [2.75, 3.05) is 31.3 Å². The van der Waals surface area contributed by atoms with Gasteiger partial charge in [0.05, 0.1) is 21.7 Å². The van der Waals surface area contributed by atoms with Crippen molar-refractivity contribution in [3.8, 4) is 10.6 Å². The van der Waals surface area contributed by atoms with Crippen LogP contribution in [0.4, 0.5) is 16.6 Å². The molecule has 3 N–H and O–H groups in total. The molecule has 2 atom stereocenters. The second-order valence-electron chi connectivity index (χ2n) is 10.7. The monoisotopic (exact) mass is 506 g/mol. The van der Waals surface area contributed by atoms with Gasteiger partial charge in [-0.25, -0.2) is 14.8 Å². The molecule has 10 heteroatoms. The number of nitrogens with zero attached hydrogens (tertiary/aromatic N) is 5. The summed E-state index contributed by atoms with van der Waals surface area (Å²) in [5.74, 6) is 2.77. The summed E-state index contributed by atoms with van der Waals surface area (Å²) < 4.78 is 1.16. The van der Waals surface area contributed by atoms with E-state index in [4.69, 9.17) is 15.0 Å². The average molecular weight is 507 g/mol. The zero-order chi connectivity index (χ0) is 24.8. The van der Waals surface area contributed by atoms with E-state index in [1.54, 1.807) is 30.3 Å². The molecule has 3 aromatic rings. The molecule has 0 saturated heterocycles. The maximum atomic E-state index is 12.1. The fraction of sp³-hybridized carbons (Fsp3) is 0.577. The summed E-state index contributed by atoms with van der Waals surface area (Å²) in [6, 6.07) is 2.40. The van der Waals surface area contributed by atoms with E-state index in [-0.39, 0.29) is 18.1 Å². The van der Waals surface area contributed by atoms with E-state index in [1.807, 2.05) is 13.1 Å². The molecule has 0 unspecified atom stereocenters. The lowest BCUT2D eigenvalue weighted by atomic mass is 10.2. The molecule has 0 spiro atoms. The van der Waals surface area contributed by atoms with Crippen LogP contribution in [-0.4, -0.2) is 63.6 Å². The van der Waals surface area contributed by atoms with Gasteiger partial charge >= 0.3 is 6.03 Å². The maximum Gasteiger partial charge on any atom is 0.317 e. The molecule has 3 fully saturated rings. The Labute approximate surface area is 215 Å². The summed E-state index contributed by atoms with van der Waals surface area (Å²) in [6.07, 6.45) is 9.64. The van der Waals surface area contributed by atoms with Crippen molar-refractivity contribution in [3.63, 3.8) is 0 Å². The minimum Gasteiger partial charge on any atom is -0.366 e. The molecule has 6 rings (SSSR count). The Morgan fingerprint density at radius 1 is 1.08 bits per heavy atom. The molecular formula is C26H34N8OS. The number of anilines is 2. The molecule has 190 valence electrons. The quantitative estimate of drug-likeness (QED) is 0.404. The number of carbonyl (C=O) groups is 1. The number of rotatable bonds is 8. The van der Waals surface area contributed by atoms with Crippen molar-refractivity contribution < 1.29 is 4.79 Å². The van der Waals surface area contributed by atoms with Gasteiger partial charge in [-0.1, -0.05) is 0 Å². The normalized spacial score (nSPS) is 21.5. The average Bonchev–Trinajstić information content (AvgIpc) is 3.77. The van der Waals surface area contributed by atoms with Crippen molar-refractivity contribution in [1.82, 2.24) is 30.2 Å². The molecule has 3 aliphatic rings. The van der Waals surface area contributed by atoms with Crippen molar-refractivity contribution in [2.24, 2.45) is 5.92 Å². The number of hydrogen-bond acceptors (Lipinski definition) is 8. The second kappa shape index (κ2) is 9.46. The van der Waals surface area contributed by atoms with Gasteiger partial charge in [-0.15, -0.1) is 11.3 Å². The molecule has 3 saturated carbocycles. The first kappa shape index (κ1) is 23.4. The maximum absolute atomic E-state index is 12.1. The highest BCUT2D eigenvalue weighted by atomic mass is 32.1. The van der Waals surface area contributed by atoms with Crippen molar-refractivity contribution in [2.45, 2.75) is 69.9 Å². The molecule has 3 heterocycles. The van der Waals surface area contributed by atoms with Gasteiger partial charge in [0.25, 0.3) is 0 Å². The molecule has 9 nitrogen and oxygen atoms in total. The smallest absolute Gasteiger partial charge is 0.317 e. The topological polar surface area (TPSA) is 108 Å². The van der Waals surface area contributed by atoms with Gasteiger partial charge in [-0.05, 0) is 63.9 Å². The number of aromatic nitrogens is 4. The number of pyridine rings is 1. The highest BCUT2D eigenvalue weighted by Crippen LogP contribution is 2.44. The number of amides is 2. The Kier molecular flexibility index (Phi) is 6.15. The SMILES string of the molecule is Cc1nc(NCC2CC2)nc(N[C@H]2CC[C@@H](NC(=O)N(C)C)C2)c1-c1nc2c(C3CC3)nccc2s1. The van der Waals surface area contributed by atoms with E-state index >= 15 is 0 Å². The minimum absolute atomic E-state index is 0.0414. The summed E-state index contributed by atoms with van der Waals surface area (Å²) in [5, 5.41) is 11.2. The van der Waals surface area contributed by atoms with Crippen LogP contribution < -0.4 is 16.0 Å². The molecular weight excluding hydrogens is 472 g/mol. The van der Waals surface area contributed by atoms with Crippen LogP contribution >= 0.6 is 11.3 Å². The predicted octanol–water partition coefficient (Wildman–Crippen LogP) is 4.76. The van der Waals surface area contributed by atoms with Crippen molar-refractivity contribution in [1.29, 1.82) is 0 Å². The Balaban J connectivity index is 1.30. The molecule has 0 bridgehead atoms. The van der Waals surface area contributed by atoms with Gasteiger partial charge in [-0.3, -0.25) is 4.98 Å². The minimum atomic E-state index is -0.0414. The first-order valence-electron chi connectivity index (χ1n) is 13.1. The Morgan fingerprint density at radius 3 is 2.64 bits per heavy atom. The van der Waals surface area contributed by atoms with Crippen LogP contribution in [0.1, 0.15) is 62.3 Å². The van der Waals surface area contributed by atoms with E-state index in [0.29, 0.717) is 11.9 Å². The molecule has 3 aliphatic carbocycles. The number of fused-ring (bicyclic) bond motifs is 1. The lowest BCUT2D eigenvalue weighted by Crippen LogP contribution is -2.40. The summed E-state index contributed by atoms with van der Waals surface area (Å²) in [4.78, 5) is 33.2. The third kappa shape index (κ3) is 4.96. The van der Waals surface area contributed by atoms with Crippen LogP contribution in [0.5, 0.6) is 0 Å². The van der Waals surface area contributed by atoms with Crippen LogP contribution in [0.3, 0.4) is 0 Å². The van der Waals surface area contributed by atoms with Crippen molar-refractivity contribution in [3.05, 3.63) is 23.7 Å². The van der Waals surface area contributed by atoms with Gasteiger partial charge in [0.2, 0.25) is 5.95 Å². The van der Waals surface area contributed by atoms with Crippen LogP contribution in [0.15, 0.2) is 12.3 Å². The number of carbonyl (C=O) groups excluding carboxylic acids is 1. The molecule has 3 aromatic heterocycles. The molecule has 0 aromatic carbocycles. The van der Waals surface area contributed by atoms with Gasteiger partial charge < -0.3 is 20.9 Å². The van der Waals surface area contributed by atoms with Gasteiger partial charge in [0.1, 0.15) is 16.3 Å². The van der Waals surface area contributed by atoms with Crippen molar-refractivity contribution >= 4 is 39.4 Å². The van der Waals surface area contributed by atoms with Crippen LogP contribution in [0.2, 0.25) is 0 Å². The zero-order valence-corrected chi connectivity index (χ0v) is 22.0. The highest BCUT2D eigenvalue weighted by molar-refractivity contribution is 7.21. The predicted molar refractivity (Wildman–Crippen MR) is 144 cm³/mol. The first-order chi connectivity index (χ1) is 17.4. The van der Waals surface area contributed by atoms with Crippen LogP contribution in [0, 0.1) is 12.8 Å². The van der Waals surface area contributed by atoms with E-state index in [2.05, 4.69) is 27.0 Å². The number of urea groups is 1.